The minimum atomic E-state index is 0.395. The molecule has 2 fully saturated rings. The predicted octanol–water partition coefficient (Wildman–Crippen LogP) is 5.33. The number of nitrogens with one attached hydrogen (secondary N) is 2. The number of anilines is 2. The van der Waals surface area contributed by atoms with E-state index in [2.05, 4.69) is 20.4 Å². The van der Waals surface area contributed by atoms with Gasteiger partial charge in [0.15, 0.2) is 17.3 Å². The van der Waals surface area contributed by atoms with Crippen molar-refractivity contribution in [3.05, 3.63) is 29.7 Å². The molecule has 0 amide bonds. The molecule has 2 aliphatic rings. The molecule has 0 unspecified atom stereocenters. The van der Waals surface area contributed by atoms with Crippen molar-refractivity contribution in [1.82, 2.24) is 25.1 Å². The molecule has 1 aliphatic carbocycles. The lowest BCUT2D eigenvalue weighted by atomic mass is 9.88. The van der Waals surface area contributed by atoms with Crippen LogP contribution in [0.1, 0.15) is 68.8 Å². The fourth-order valence-electron chi connectivity index (χ4n) is 5.15. The summed E-state index contributed by atoms with van der Waals surface area (Å²) in [5, 5.41) is 11.6. The van der Waals surface area contributed by atoms with Crippen LogP contribution in [0.2, 0.25) is 0 Å². The first kappa shape index (κ1) is 22.9. The molecule has 2 N–H and O–H groups in total. The number of aryl methyl sites for hydroxylation is 1. The van der Waals surface area contributed by atoms with E-state index in [1.54, 1.807) is 7.11 Å². The molecule has 1 aromatic carbocycles. The number of hydrogen-bond acceptors (Lipinski definition) is 7. The minimum Gasteiger partial charge on any atom is -0.493 e. The molecule has 34 heavy (non-hydrogen) atoms. The molecule has 3 aromatic rings. The Morgan fingerprint density at radius 1 is 1.03 bits per heavy atom. The fraction of sp³-hybridized carbons (Fsp3) is 0.577. The summed E-state index contributed by atoms with van der Waals surface area (Å²) in [7, 11) is 1.68. The highest BCUT2D eigenvalue weighted by Crippen LogP contribution is 2.38. The Bertz CT molecular complexity index is 1100. The molecular weight excluding hydrogens is 428 g/mol. The van der Waals surface area contributed by atoms with Crippen LogP contribution in [0.3, 0.4) is 0 Å². The molecule has 2 aromatic heterocycles. The Kier molecular flexibility index (Phi) is 7.13. The molecule has 0 atom stereocenters. The van der Waals surface area contributed by atoms with Crippen LogP contribution in [0, 0.1) is 6.92 Å². The zero-order valence-electron chi connectivity index (χ0n) is 20.4. The number of hydrogen-bond donors (Lipinski definition) is 2. The predicted molar refractivity (Wildman–Crippen MR) is 134 cm³/mol. The van der Waals surface area contributed by atoms with Crippen LogP contribution < -0.4 is 14.8 Å². The lowest BCUT2D eigenvalue weighted by Gasteiger charge is -2.22. The van der Waals surface area contributed by atoms with Gasteiger partial charge in [-0.05, 0) is 58.2 Å². The van der Waals surface area contributed by atoms with Crippen LogP contribution in [-0.4, -0.2) is 58.4 Å². The summed E-state index contributed by atoms with van der Waals surface area (Å²) in [6, 6.07) is 5.97. The molecule has 3 heterocycles. The van der Waals surface area contributed by atoms with Crippen molar-refractivity contribution < 1.29 is 9.47 Å². The van der Waals surface area contributed by atoms with Crippen molar-refractivity contribution in [2.75, 3.05) is 38.7 Å². The highest BCUT2D eigenvalue weighted by atomic mass is 16.5. The van der Waals surface area contributed by atoms with Crippen molar-refractivity contribution in [3.63, 3.8) is 0 Å². The Labute approximate surface area is 201 Å². The maximum atomic E-state index is 6.19. The second-order valence-corrected chi connectivity index (χ2v) is 9.60. The number of benzene rings is 1. The van der Waals surface area contributed by atoms with E-state index < -0.39 is 0 Å². The van der Waals surface area contributed by atoms with Crippen LogP contribution in [-0.2, 0) is 0 Å². The van der Waals surface area contributed by atoms with Gasteiger partial charge in [-0.1, -0.05) is 19.3 Å². The van der Waals surface area contributed by atoms with Crippen molar-refractivity contribution in [2.24, 2.45) is 0 Å². The Hall–Kier alpha value is -2.87. The van der Waals surface area contributed by atoms with Gasteiger partial charge in [0.05, 0.1) is 19.2 Å². The zero-order chi connectivity index (χ0) is 23.3. The number of aromatic nitrogens is 4. The Morgan fingerprint density at radius 3 is 2.59 bits per heavy atom. The van der Waals surface area contributed by atoms with Gasteiger partial charge in [0, 0.05) is 35.7 Å². The van der Waals surface area contributed by atoms with Crippen molar-refractivity contribution in [2.45, 2.75) is 64.2 Å². The van der Waals surface area contributed by atoms with E-state index in [0.29, 0.717) is 18.3 Å². The average molecular weight is 465 g/mol. The molecular formula is C26H36N6O2. The summed E-state index contributed by atoms with van der Waals surface area (Å²) in [4.78, 5) is 12.5. The van der Waals surface area contributed by atoms with Gasteiger partial charge in [-0.25, -0.2) is 9.97 Å². The van der Waals surface area contributed by atoms with Crippen LogP contribution in [0.15, 0.2) is 18.2 Å². The molecule has 182 valence electrons. The topological polar surface area (TPSA) is 88.2 Å². The van der Waals surface area contributed by atoms with E-state index >= 15 is 0 Å². The normalized spacial score (nSPS) is 17.4. The Balaban J connectivity index is 1.43. The summed E-state index contributed by atoms with van der Waals surface area (Å²) < 4.78 is 11.9. The lowest BCUT2D eigenvalue weighted by molar-refractivity contribution is 0.254. The van der Waals surface area contributed by atoms with Crippen molar-refractivity contribution in [1.29, 1.82) is 0 Å². The van der Waals surface area contributed by atoms with Gasteiger partial charge in [0.25, 0.3) is 0 Å². The summed E-state index contributed by atoms with van der Waals surface area (Å²) >= 11 is 0. The van der Waals surface area contributed by atoms with E-state index in [9.17, 15) is 0 Å². The SMILES string of the molecule is COc1cc2c(Nc3cc(C)[nH]n3)nc(C3CCCCC3)nc2cc1OCCCN1CCCC1. The van der Waals surface area contributed by atoms with E-state index in [1.807, 2.05) is 25.1 Å². The second-order valence-electron chi connectivity index (χ2n) is 9.60. The first-order chi connectivity index (χ1) is 16.7. The number of aromatic amines is 1. The van der Waals surface area contributed by atoms with Crippen molar-refractivity contribution >= 4 is 22.5 Å². The van der Waals surface area contributed by atoms with E-state index in [0.717, 1.165) is 65.6 Å². The Morgan fingerprint density at radius 2 is 1.85 bits per heavy atom. The third-order valence-electron chi connectivity index (χ3n) is 7.00. The van der Waals surface area contributed by atoms with Gasteiger partial charge in [-0.3, -0.25) is 5.10 Å². The quantitative estimate of drug-likeness (QED) is 0.414. The van der Waals surface area contributed by atoms with E-state index in [-0.39, 0.29) is 0 Å². The van der Waals surface area contributed by atoms with E-state index in [1.165, 1.54) is 45.2 Å². The van der Waals surface area contributed by atoms with Crippen LogP contribution in [0.4, 0.5) is 11.6 Å². The molecule has 0 radical (unpaired) electrons. The van der Waals surface area contributed by atoms with Gasteiger partial charge in [-0.2, -0.15) is 5.10 Å². The smallest absolute Gasteiger partial charge is 0.163 e. The maximum Gasteiger partial charge on any atom is 0.163 e. The fourth-order valence-corrected chi connectivity index (χ4v) is 5.15. The summed E-state index contributed by atoms with van der Waals surface area (Å²) in [6.45, 7) is 6.16. The van der Waals surface area contributed by atoms with Crippen molar-refractivity contribution in [3.8, 4) is 11.5 Å². The largest absolute Gasteiger partial charge is 0.493 e. The minimum absolute atomic E-state index is 0.395. The first-order valence-electron chi connectivity index (χ1n) is 12.7. The monoisotopic (exact) mass is 464 g/mol. The molecule has 1 saturated carbocycles. The number of H-pyrrole nitrogens is 1. The van der Waals surface area contributed by atoms with Gasteiger partial charge < -0.3 is 19.7 Å². The average Bonchev–Trinajstić information content (AvgIpc) is 3.53. The van der Waals surface area contributed by atoms with Crippen LogP contribution >= 0.6 is 0 Å². The summed E-state index contributed by atoms with van der Waals surface area (Å²) in [6.07, 6.45) is 9.69. The highest BCUT2D eigenvalue weighted by molar-refractivity contribution is 5.93. The lowest BCUT2D eigenvalue weighted by Crippen LogP contribution is -2.21. The van der Waals surface area contributed by atoms with Gasteiger partial charge in [0.2, 0.25) is 0 Å². The number of nitrogens with zero attached hydrogens (tertiary/aromatic N) is 4. The molecule has 1 saturated heterocycles. The number of methoxy groups -OCH3 is 1. The molecule has 0 spiro atoms. The summed E-state index contributed by atoms with van der Waals surface area (Å²) in [5.41, 5.74) is 1.87. The number of ether oxygens (including phenoxy) is 2. The highest BCUT2D eigenvalue weighted by Gasteiger charge is 2.22. The molecule has 5 rings (SSSR count). The van der Waals surface area contributed by atoms with Gasteiger partial charge in [0.1, 0.15) is 11.6 Å². The van der Waals surface area contributed by atoms with Crippen LogP contribution in [0.25, 0.3) is 10.9 Å². The maximum absolute atomic E-state index is 6.19. The zero-order valence-corrected chi connectivity index (χ0v) is 20.4. The molecule has 8 heteroatoms. The van der Waals surface area contributed by atoms with Gasteiger partial charge in [-0.15, -0.1) is 0 Å². The standard InChI is InChI=1S/C26H36N6O2/c1-18-15-24(31-30-18)28-26-20-16-22(33-2)23(34-14-8-13-32-11-6-7-12-32)17-21(20)27-25(29-26)19-9-4-3-5-10-19/h15-17,19H,3-14H2,1-2H3,(H2,27,28,29,30,31). The third kappa shape index (κ3) is 5.27. The molecule has 8 nitrogen and oxygen atoms in total. The summed E-state index contributed by atoms with van der Waals surface area (Å²) in [5.74, 6) is 4.25. The second kappa shape index (κ2) is 10.6. The van der Waals surface area contributed by atoms with Gasteiger partial charge >= 0.3 is 0 Å². The first-order valence-corrected chi connectivity index (χ1v) is 12.7. The number of fused-ring (bicyclic) bond motifs is 1. The number of rotatable bonds is 9. The number of likely N-dealkylation sites (tertiary alicyclic amines) is 1. The van der Waals surface area contributed by atoms with Crippen LogP contribution in [0.5, 0.6) is 11.5 Å². The van der Waals surface area contributed by atoms with E-state index in [4.69, 9.17) is 19.4 Å². The molecule has 1 aliphatic heterocycles. The molecule has 0 bridgehead atoms. The third-order valence-corrected chi connectivity index (χ3v) is 7.00.